The van der Waals surface area contributed by atoms with E-state index in [4.69, 9.17) is 0 Å². The normalized spacial score (nSPS) is 11.9. The second-order valence-electron chi connectivity index (χ2n) is 4.54. The summed E-state index contributed by atoms with van der Waals surface area (Å²) in [6.07, 6.45) is 3.53. The number of carbonyl (C=O) groups is 1. The van der Waals surface area contributed by atoms with E-state index >= 15 is 0 Å². The van der Waals surface area contributed by atoms with Crippen LogP contribution in [0.5, 0.6) is 0 Å². The van der Waals surface area contributed by atoms with E-state index in [9.17, 15) is 4.79 Å². The summed E-state index contributed by atoms with van der Waals surface area (Å²) >= 11 is 1.53. The fourth-order valence-corrected chi connectivity index (χ4v) is 2.55. The minimum absolute atomic E-state index is 0.0859. The van der Waals surface area contributed by atoms with Crippen molar-refractivity contribution in [3.8, 4) is 0 Å². The van der Waals surface area contributed by atoms with Crippen LogP contribution in [0.15, 0.2) is 23.7 Å². The van der Waals surface area contributed by atoms with Gasteiger partial charge in [-0.15, -0.1) is 21.5 Å². The van der Waals surface area contributed by atoms with Crippen molar-refractivity contribution in [2.45, 2.75) is 32.7 Å². The largest absolute Gasteiger partial charge is 0.369 e. The zero-order chi connectivity index (χ0) is 15.1. The van der Waals surface area contributed by atoms with Gasteiger partial charge in [-0.3, -0.25) is 4.79 Å². The van der Waals surface area contributed by atoms with Crippen molar-refractivity contribution in [1.82, 2.24) is 20.5 Å². The van der Waals surface area contributed by atoms with Gasteiger partial charge < -0.3 is 10.6 Å². The molecule has 0 aromatic carbocycles. The van der Waals surface area contributed by atoms with Gasteiger partial charge in [-0.2, -0.15) is 0 Å². The van der Waals surface area contributed by atoms with Gasteiger partial charge in [-0.25, -0.2) is 4.98 Å². The molecule has 7 heteroatoms. The van der Waals surface area contributed by atoms with Gasteiger partial charge in [-0.05, 0) is 25.0 Å². The van der Waals surface area contributed by atoms with Crippen LogP contribution in [0.1, 0.15) is 48.2 Å². The van der Waals surface area contributed by atoms with Crippen LogP contribution < -0.4 is 10.6 Å². The number of nitrogens with zero attached hydrogens (tertiary/aromatic N) is 3. The van der Waals surface area contributed by atoms with Crippen LogP contribution in [0, 0.1) is 0 Å². The molecule has 2 rings (SSSR count). The highest BCUT2D eigenvalue weighted by Crippen LogP contribution is 2.19. The molecular weight excluding hydrogens is 286 g/mol. The number of carbonyl (C=O) groups excluding carboxylic acids is 1. The fraction of sp³-hybridized carbons (Fsp3) is 0.429. The van der Waals surface area contributed by atoms with Gasteiger partial charge in [0.05, 0.1) is 6.04 Å². The monoisotopic (exact) mass is 305 g/mol. The van der Waals surface area contributed by atoms with E-state index < -0.39 is 0 Å². The van der Waals surface area contributed by atoms with Gasteiger partial charge in [0, 0.05) is 18.1 Å². The Morgan fingerprint density at radius 1 is 1.33 bits per heavy atom. The number of hydrogen-bond acceptors (Lipinski definition) is 6. The van der Waals surface area contributed by atoms with Gasteiger partial charge in [0.25, 0.3) is 5.91 Å². The summed E-state index contributed by atoms with van der Waals surface area (Å²) in [4.78, 5) is 16.4. The summed E-state index contributed by atoms with van der Waals surface area (Å²) in [5.74, 6) is 0.451. The van der Waals surface area contributed by atoms with Crippen LogP contribution in [0.2, 0.25) is 0 Å². The molecule has 0 fully saturated rings. The first-order valence-corrected chi connectivity index (χ1v) is 7.90. The maximum Gasteiger partial charge on any atom is 0.272 e. The molecule has 2 N–H and O–H groups in total. The van der Waals surface area contributed by atoms with Crippen LogP contribution in [0.25, 0.3) is 0 Å². The van der Waals surface area contributed by atoms with E-state index in [1.807, 2.05) is 12.3 Å². The van der Waals surface area contributed by atoms with Crippen molar-refractivity contribution >= 4 is 23.1 Å². The molecule has 0 saturated heterocycles. The first-order valence-electron chi connectivity index (χ1n) is 7.02. The fourth-order valence-electron chi connectivity index (χ4n) is 1.78. The van der Waals surface area contributed by atoms with Crippen LogP contribution >= 0.6 is 11.3 Å². The molecule has 0 bridgehead atoms. The smallest absolute Gasteiger partial charge is 0.272 e. The lowest BCUT2D eigenvalue weighted by atomic mass is 10.2. The van der Waals surface area contributed by atoms with E-state index in [1.54, 1.807) is 18.3 Å². The van der Waals surface area contributed by atoms with Gasteiger partial charge in [-0.1, -0.05) is 13.8 Å². The lowest BCUT2D eigenvalue weighted by Crippen LogP contribution is -2.29. The molecule has 0 aliphatic carbocycles. The Morgan fingerprint density at radius 2 is 2.19 bits per heavy atom. The minimum atomic E-state index is -0.230. The summed E-state index contributed by atoms with van der Waals surface area (Å²) in [6, 6.07) is 3.36. The molecular formula is C14H19N5OS. The predicted octanol–water partition coefficient (Wildman–Crippen LogP) is 2.64. The minimum Gasteiger partial charge on any atom is -0.369 e. The Hall–Kier alpha value is -2.02. The van der Waals surface area contributed by atoms with Crippen molar-refractivity contribution in [2.24, 2.45) is 0 Å². The quantitative estimate of drug-likeness (QED) is 0.822. The SMILES string of the molecule is CCCNc1ccc(C(=O)NC(CC)c2nccs2)nn1. The average Bonchev–Trinajstić information content (AvgIpc) is 3.05. The zero-order valence-corrected chi connectivity index (χ0v) is 13.0. The highest BCUT2D eigenvalue weighted by Gasteiger charge is 2.17. The number of thiazole rings is 1. The zero-order valence-electron chi connectivity index (χ0n) is 12.2. The van der Waals surface area contributed by atoms with E-state index in [0.29, 0.717) is 11.5 Å². The highest BCUT2D eigenvalue weighted by atomic mass is 32.1. The summed E-state index contributed by atoms with van der Waals surface area (Å²) < 4.78 is 0. The molecule has 1 atom stereocenters. The predicted molar refractivity (Wildman–Crippen MR) is 83.4 cm³/mol. The Kier molecular flexibility index (Phi) is 5.62. The van der Waals surface area contributed by atoms with Crippen molar-refractivity contribution in [3.05, 3.63) is 34.4 Å². The molecule has 1 amide bonds. The Balaban J connectivity index is 1.99. The van der Waals surface area contributed by atoms with Crippen molar-refractivity contribution in [3.63, 3.8) is 0 Å². The number of amides is 1. The first kappa shape index (κ1) is 15.4. The van der Waals surface area contributed by atoms with Crippen molar-refractivity contribution in [1.29, 1.82) is 0 Å². The topological polar surface area (TPSA) is 79.8 Å². The first-order chi connectivity index (χ1) is 10.2. The third kappa shape index (κ3) is 4.22. The molecule has 2 aromatic rings. The summed E-state index contributed by atoms with van der Waals surface area (Å²) in [7, 11) is 0. The number of anilines is 1. The van der Waals surface area contributed by atoms with Gasteiger partial charge in [0.2, 0.25) is 0 Å². The molecule has 0 aliphatic heterocycles. The molecule has 2 aromatic heterocycles. The maximum absolute atomic E-state index is 12.2. The van der Waals surface area contributed by atoms with Crippen LogP contribution in [0.3, 0.4) is 0 Å². The number of aromatic nitrogens is 3. The third-order valence-corrected chi connectivity index (χ3v) is 3.81. The van der Waals surface area contributed by atoms with Crippen molar-refractivity contribution in [2.75, 3.05) is 11.9 Å². The van der Waals surface area contributed by atoms with Gasteiger partial charge in [0.1, 0.15) is 10.8 Å². The van der Waals surface area contributed by atoms with Gasteiger partial charge >= 0.3 is 0 Å². The standard InChI is InChI=1S/C14H19N5OS/c1-3-7-15-12-6-5-11(18-19-12)13(20)17-10(4-2)14-16-8-9-21-14/h5-6,8-10H,3-4,7H2,1-2H3,(H,15,19)(H,17,20). The second-order valence-corrected chi connectivity index (χ2v) is 5.46. The average molecular weight is 305 g/mol. The lowest BCUT2D eigenvalue weighted by molar-refractivity contribution is 0.0929. The Bertz CT molecular complexity index is 555. The van der Waals surface area contributed by atoms with Crippen LogP contribution in [0.4, 0.5) is 5.82 Å². The molecule has 2 heterocycles. The van der Waals surface area contributed by atoms with Gasteiger partial charge in [0.15, 0.2) is 5.69 Å². The van der Waals surface area contributed by atoms with E-state index in [1.165, 1.54) is 11.3 Å². The van der Waals surface area contributed by atoms with Crippen molar-refractivity contribution < 1.29 is 4.79 Å². The Labute approximate surface area is 128 Å². The second kappa shape index (κ2) is 7.68. The number of nitrogens with one attached hydrogen (secondary N) is 2. The summed E-state index contributed by atoms with van der Waals surface area (Å²) in [6.45, 7) is 4.92. The molecule has 0 spiro atoms. The molecule has 1 unspecified atom stereocenters. The molecule has 112 valence electrons. The van der Waals surface area contributed by atoms with Crippen LogP contribution in [-0.4, -0.2) is 27.6 Å². The molecule has 0 aliphatic rings. The molecule has 6 nitrogen and oxygen atoms in total. The van der Waals surface area contributed by atoms with E-state index in [2.05, 4.69) is 32.7 Å². The lowest BCUT2D eigenvalue weighted by Gasteiger charge is -2.13. The summed E-state index contributed by atoms with van der Waals surface area (Å²) in [5.41, 5.74) is 0.312. The third-order valence-electron chi connectivity index (χ3n) is 2.92. The van der Waals surface area contributed by atoms with E-state index in [-0.39, 0.29) is 11.9 Å². The molecule has 21 heavy (non-hydrogen) atoms. The highest BCUT2D eigenvalue weighted by molar-refractivity contribution is 7.09. The molecule has 0 saturated carbocycles. The number of hydrogen-bond donors (Lipinski definition) is 2. The molecule has 0 radical (unpaired) electrons. The Morgan fingerprint density at radius 3 is 2.76 bits per heavy atom. The summed E-state index contributed by atoms with van der Waals surface area (Å²) in [5, 5.41) is 16.8. The maximum atomic E-state index is 12.2. The number of rotatable bonds is 7. The van der Waals surface area contributed by atoms with E-state index in [0.717, 1.165) is 24.4 Å². The van der Waals surface area contributed by atoms with Crippen LogP contribution in [-0.2, 0) is 0 Å².